The summed E-state index contributed by atoms with van der Waals surface area (Å²) in [5, 5.41) is 31.6. The second kappa shape index (κ2) is 10.2. The number of hydrogen-bond acceptors (Lipinski definition) is 9. The van der Waals surface area contributed by atoms with Gasteiger partial charge in [-0.05, 0) is 31.0 Å². The lowest BCUT2D eigenvalue weighted by molar-refractivity contribution is -0.163. The Kier molecular flexibility index (Phi) is 7.18. The van der Waals surface area contributed by atoms with Gasteiger partial charge < -0.3 is 25.7 Å². The van der Waals surface area contributed by atoms with Crippen LogP contribution in [0.1, 0.15) is 25.8 Å². The molecule has 39 heavy (non-hydrogen) atoms. The number of benzene rings is 1. The number of aromatic nitrogens is 1. The van der Waals surface area contributed by atoms with Crippen LogP contribution in [0.25, 0.3) is 10.9 Å². The zero-order chi connectivity index (χ0) is 28.2. The highest BCUT2D eigenvalue weighted by Crippen LogP contribution is 2.51. The van der Waals surface area contributed by atoms with Crippen molar-refractivity contribution in [2.45, 2.75) is 55.1 Å². The molecule has 3 aliphatic rings. The summed E-state index contributed by atoms with van der Waals surface area (Å²) in [7, 11) is -3.86. The highest BCUT2D eigenvalue weighted by atomic mass is 32.2. The molecule has 12 nitrogen and oxygen atoms in total. The van der Waals surface area contributed by atoms with Gasteiger partial charge in [-0.2, -0.15) is 0 Å². The van der Waals surface area contributed by atoms with Crippen LogP contribution in [0.4, 0.5) is 0 Å². The summed E-state index contributed by atoms with van der Waals surface area (Å²) in [6.45, 7) is 4.16. The first-order valence-corrected chi connectivity index (χ1v) is 14.9. The Labute approximate surface area is 229 Å². The number of aliphatic hydroxyl groups is 1. The van der Waals surface area contributed by atoms with Crippen molar-refractivity contribution < 1.29 is 33.0 Å². The Bertz CT molecular complexity index is 1510. The molecule has 2 saturated heterocycles. The minimum atomic E-state index is -3.86. The Morgan fingerprint density at radius 3 is 2.74 bits per heavy atom. The molecule has 6 atom stereocenters. The van der Waals surface area contributed by atoms with E-state index in [0.717, 1.165) is 5.56 Å². The highest BCUT2D eigenvalue weighted by Gasteiger charge is 2.60. The van der Waals surface area contributed by atoms with Gasteiger partial charge in [-0.15, -0.1) is 11.8 Å². The van der Waals surface area contributed by atoms with Gasteiger partial charge in [-0.1, -0.05) is 19.1 Å². The van der Waals surface area contributed by atoms with E-state index < -0.39 is 34.1 Å². The predicted octanol–water partition coefficient (Wildman–Crippen LogP) is 0.116. The van der Waals surface area contributed by atoms with Crippen molar-refractivity contribution in [1.29, 1.82) is 0 Å². The SMILES string of the molecule is C[C@@H](O)[C@H]1C(=O)N2C(C(=O)O)=C(S[C@@H]3CN[C@H](C(=O)NCc4ccc5cc(S(N)(=O)=O)cnc5c4)C3)[C@H](C)[C@H]12. The lowest BCUT2D eigenvalue weighted by atomic mass is 9.79. The Morgan fingerprint density at radius 2 is 2.08 bits per heavy atom. The number of fused-ring (bicyclic) bond motifs is 2. The average Bonchev–Trinajstić information content (AvgIpc) is 3.43. The van der Waals surface area contributed by atoms with Gasteiger partial charge in [0.05, 0.1) is 29.6 Å². The lowest BCUT2D eigenvalue weighted by Crippen LogP contribution is -2.63. The first-order chi connectivity index (χ1) is 18.4. The first kappa shape index (κ1) is 27.5. The number of carbonyl (C=O) groups is 3. The Hall–Kier alpha value is -3.04. The van der Waals surface area contributed by atoms with Crippen LogP contribution in [-0.4, -0.2) is 76.3 Å². The third kappa shape index (κ3) is 5.02. The lowest BCUT2D eigenvalue weighted by Gasteiger charge is -2.46. The van der Waals surface area contributed by atoms with E-state index in [1.165, 1.54) is 28.9 Å². The van der Waals surface area contributed by atoms with E-state index in [1.807, 2.05) is 6.92 Å². The average molecular weight is 576 g/mol. The van der Waals surface area contributed by atoms with Crippen molar-refractivity contribution in [3.05, 3.63) is 46.6 Å². The summed E-state index contributed by atoms with van der Waals surface area (Å²) in [4.78, 5) is 43.4. The van der Waals surface area contributed by atoms with E-state index in [4.69, 9.17) is 5.14 Å². The fourth-order valence-electron chi connectivity index (χ4n) is 5.58. The molecule has 2 fully saturated rings. The number of thioether (sulfide) groups is 1. The monoisotopic (exact) mass is 575 g/mol. The number of carboxylic acids is 1. The fourth-order valence-corrected chi connectivity index (χ4v) is 7.55. The van der Waals surface area contributed by atoms with Crippen LogP contribution in [0, 0.1) is 11.8 Å². The van der Waals surface area contributed by atoms with E-state index in [1.54, 1.807) is 25.1 Å². The number of carboxylic acid groups (broad SMARTS) is 1. The molecule has 208 valence electrons. The summed E-state index contributed by atoms with van der Waals surface area (Å²) in [6, 6.07) is 5.85. The molecule has 0 bridgehead atoms. The molecular formula is C25H29N5O7S2. The number of primary sulfonamides is 1. The number of aliphatic carboxylic acids is 1. The molecule has 3 aliphatic heterocycles. The van der Waals surface area contributed by atoms with Gasteiger partial charge >= 0.3 is 5.97 Å². The van der Waals surface area contributed by atoms with Crippen LogP contribution in [-0.2, 0) is 31.0 Å². The van der Waals surface area contributed by atoms with Gasteiger partial charge in [0, 0.05) is 40.7 Å². The van der Waals surface area contributed by atoms with Crippen molar-refractivity contribution in [2.75, 3.05) is 6.54 Å². The molecule has 14 heteroatoms. The quantitative estimate of drug-likeness (QED) is 0.270. The van der Waals surface area contributed by atoms with E-state index >= 15 is 0 Å². The number of sulfonamides is 1. The van der Waals surface area contributed by atoms with Crippen molar-refractivity contribution in [3.63, 3.8) is 0 Å². The summed E-state index contributed by atoms with van der Waals surface area (Å²) in [6.07, 6.45) is 0.813. The number of rotatable bonds is 8. The molecule has 0 saturated carbocycles. The third-order valence-corrected chi connectivity index (χ3v) is 9.92. The number of amides is 2. The molecule has 4 heterocycles. The Balaban J connectivity index is 1.20. The van der Waals surface area contributed by atoms with E-state index in [0.29, 0.717) is 28.8 Å². The van der Waals surface area contributed by atoms with Crippen molar-refractivity contribution in [2.24, 2.45) is 17.0 Å². The second-order valence-electron chi connectivity index (χ2n) is 10.2. The van der Waals surface area contributed by atoms with E-state index in [9.17, 15) is 33.0 Å². The summed E-state index contributed by atoms with van der Waals surface area (Å²) < 4.78 is 23.1. The van der Waals surface area contributed by atoms with Gasteiger partial charge in [0.15, 0.2) is 0 Å². The first-order valence-electron chi connectivity index (χ1n) is 12.4. The molecule has 1 aromatic carbocycles. The largest absolute Gasteiger partial charge is 0.477 e. The summed E-state index contributed by atoms with van der Waals surface area (Å²) >= 11 is 1.38. The maximum Gasteiger partial charge on any atom is 0.353 e. The van der Waals surface area contributed by atoms with Gasteiger partial charge in [0.1, 0.15) is 10.6 Å². The molecule has 2 aromatic rings. The minimum Gasteiger partial charge on any atom is -0.477 e. The van der Waals surface area contributed by atoms with Crippen LogP contribution < -0.4 is 15.8 Å². The molecule has 0 unspecified atom stereocenters. The third-order valence-electron chi connectivity index (χ3n) is 7.53. The number of aliphatic hydroxyl groups excluding tert-OH is 1. The number of nitrogens with one attached hydrogen (secondary N) is 2. The van der Waals surface area contributed by atoms with Gasteiger partial charge in [-0.3, -0.25) is 14.6 Å². The molecule has 6 N–H and O–H groups in total. The molecule has 0 radical (unpaired) electrons. The predicted molar refractivity (Wildman–Crippen MR) is 142 cm³/mol. The molecule has 0 aliphatic carbocycles. The van der Waals surface area contributed by atoms with E-state index in [2.05, 4.69) is 15.6 Å². The maximum absolute atomic E-state index is 12.9. The minimum absolute atomic E-state index is 0.0200. The normalized spacial score (nSPS) is 27.4. The number of carbonyl (C=O) groups excluding carboxylic acids is 2. The molecule has 0 spiro atoms. The van der Waals surface area contributed by atoms with Gasteiger partial charge in [0.2, 0.25) is 21.8 Å². The van der Waals surface area contributed by atoms with Crippen molar-refractivity contribution >= 4 is 50.5 Å². The molecule has 5 rings (SSSR count). The van der Waals surface area contributed by atoms with E-state index in [-0.39, 0.29) is 46.2 Å². The molecule has 2 amide bonds. The molecular weight excluding hydrogens is 546 g/mol. The zero-order valence-corrected chi connectivity index (χ0v) is 22.8. The fraction of sp³-hybridized carbons (Fsp3) is 0.440. The number of nitrogens with two attached hydrogens (primary N) is 1. The molecule has 1 aromatic heterocycles. The standard InChI is InChI=1S/C25H29N5O7S2/c1-11-20-19(12(2)31)24(33)30(20)21(25(34)35)22(11)38-15-7-18(27-9-15)23(32)29-8-13-3-4-14-6-16(39(26,36)37)10-28-17(14)5-13/h3-6,10-12,15,18-20,27,31H,7-9H2,1-2H3,(H,29,32)(H,34,35)(H2,26,36,37)/t11-,12-,15+,18+,19-,20-/m1/s1. The summed E-state index contributed by atoms with van der Waals surface area (Å²) in [5.41, 5.74) is 1.33. The van der Waals surface area contributed by atoms with Crippen LogP contribution in [0.15, 0.2) is 46.0 Å². The van der Waals surface area contributed by atoms with Gasteiger partial charge in [0.25, 0.3) is 0 Å². The topological polar surface area (TPSA) is 192 Å². The highest BCUT2D eigenvalue weighted by molar-refractivity contribution is 8.03. The smallest absolute Gasteiger partial charge is 0.353 e. The van der Waals surface area contributed by atoms with Crippen molar-refractivity contribution in [1.82, 2.24) is 20.5 Å². The van der Waals surface area contributed by atoms with Crippen LogP contribution in [0.5, 0.6) is 0 Å². The maximum atomic E-state index is 12.9. The number of β-lactam (4-membered cyclic amide) rings is 1. The van der Waals surface area contributed by atoms with Crippen LogP contribution in [0.2, 0.25) is 0 Å². The number of nitrogens with zero attached hydrogens (tertiary/aromatic N) is 2. The van der Waals surface area contributed by atoms with Crippen molar-refractivity contribution in [3.8, 4) is 0 Å². The zero-order valence-electron chi connectivity index (χ0n) is 21.2. The Morgan fingerprint density at radius 1 is 1.33 bits per heavy atom. The second-order valence-corrected chi connectivity index (χ2v) is 13.1. The van der Waals surface area contributed by atoms with Crippen LogP contribution >= 0.6 is 11.8 Å². The summed E-state index contributed by atoms with van der Waals surface area (Å²) in [5.74, 6) is -2.58. The van der Waals surface area contributed by atoms with Gasteiger partial charge in [-0.25, -0.2) is 18.4 Å². The van der Waals surface area contributed by atoms with Crippen LogP contribution in [0.3, 0.4) is 0 Å². The number of hydrogen-bond donors (Lipinski definition) is 5. The number of pyridine rings is 1.